The largest absolute Gasteiger partial charge is 0.352 e. The molecule has 0 unspecified atom stereocenters. The first-order valence-electron chi connectivity index (χ1n) is 8.27. The van der Waals surface area contributed by atoms with Crippen molar-refractivity contribution >= 4 is 29.5 Å². The minimum atomic E-state index is -0.760. The van der Waals surface area contributed by atoms with E-state index < -0.39 is 6.04 Å². The SMILES string of the molecule is CCC[C@@H](C)NC(=O)[C@@H](CCSC)N1C(=O)c2ccccc2C1=O. The highest BCUT2D eigenvalue weighted by Gasteiger charge is 2.42. The first-order valence-corrected chi connectivity index (χ1v) is 9.66. The topological polar surface area (TPSA) is 66.5 Å². The van der Waals surface area contributed by atoms with Crippen LogP contribution in [-0.2, 0) is 4.79 Å². The molecule has 1 N–H and O–H groups in total. The van der Waals surface area contributed by atoms with Crippen LogP contribution in [-0.4, -0.2) is 46.7 Å². The summed E-state index contributed by atoms with van der Waals surface area (Å²) in [5, 5.41) is 2.94. The molecule has 1 aromatic carbocycles. The number of rotatable bonds is 8. The molecule has 0 aliphatic carbocycles. The van der Waals surface area contributed by atoms with Gasteiger partial charge in [0.05, 0.1) is 11.1 Å². The maximum absolute atomic E-state index is 12.7. The Labute approximate surface area is 147 Å². The number of hydrogen-bond donors (Lipinski definition) is 1. The molecule has 5 nitrogen and oxygen atoms in total. The van der Waals surface area contributed by atoms with E-state index in [9.17, 15) is 14.4 Å². The third kappa shape index (κ3) is 3.80. The summed E-state index contributed by atoms with van der Waals surface area (Å²) in [6.07, 6.45) is 4.22. The first-order chi connectivity index (χ1) is 11.5. The van der Waals surface area contributed by atoms with Crippen LogP contribution in [0, 0.1) is 0 Å². The second kappa shape index (κ2) is 8.33. The normalized spacial score (nSPS) is 16.0. The molecular formula is C18H24N2O3S. The minimum Gasteiger partial charge on any atom is -0.352 e. The number of carbonyl (C=O) groups excluding carboxylic acids is 3. The molecule has 2 atom stereocenters. The van der Waals surface area contributed by atoms with Gasteiger partial charge in [0.1, 0.15) is 6.04 Å². The number of hydrogen-bond acceptors (Lipinski definition) is 4. The minimum absolute atomic E-state index is 0.0227. The van der Waals surface area contributed by atoms with Crippen molar-refractivity contribution in [3.8, 4) is 0 Å². The number of thioether (sulfide) groups is 1. The number of imide groups is 1. The van der Waals surface area contributed by atoms with E-state index in [0.717, 1.165) is 17.7 Å². The molecule has 1 heterocycles. The second-order valence-electron chi connectivity index (χ2n) is 6.02. The Morgan fingerprint density at radius 1 is 1.17 bits per heavy atom. The lowest BCUT2D eigenvalue weighted by molar-refractivity contribution is -0.125. The molecule has 0 fully saturated rings. The van der Waals surface area contributed by atoms with Crippen molar-refractivity contribution < 1.29 is 14.4 Å². The molecule has 0 bridgehead atoms. The van der Waals surface area contributed by atoms with Crippen molar-refractivity contribution in [3.05, 3.63) is 35.4 Å². The Bertz CT molecular complexity index is 597. The number of nitrogens with one attached hydrogen (secondary N) is 1. The summed E-state index contributed by atoms with van der Waals surface area (Å²) in [5.74, 6) is -0.298. The summed E-state index contributed by atoms with van der Waals surface area (Å²) >= 11 is 1.59. The zero-order chi connectivity index (χ0) is 17.7. The molecule has 130 valence electrons. The molecule has 0 radical (unpaired) electrons. The summed E-state index contributed by atoms with van der Waals surface area (Å²) in [4.78, 5) is 39.1. The fourth-order valence-corrected chi connectivity index (χ4v) is 3.40. The van der Waals surface area contributed by atoms with Crippen molar-refractivity contribution in [2.45, 2.75) is 45.2 Å². The van der Waals surface area contributed by atoms with Gasteiger partial charge in [-0.1, -0.05) is 25.5 Å². The Balaban J connectivity index is 2.24. The Kier molecular flexibility index (Phi) is 6.43. The molecule has 3 amide bonds. The van der Waals surface area contributed by atoms with Gasteiger partial charge in [-0.3, -0.25) is 19.3 Å². The highest BCUT2D eigenvalue weighted by molar-refractivity contribution is 7.98. The molecule has 24 heavy (non-hydrogen) atoms. The van der Waals surface area contributed by atoms with Crippen molar-refractivity contribution in [1.82, 2.24) is 10.2 Å². The van der Waals surface area contributed by atoms with Crippen LogP contribution in [0.4, 0.5) is 0 Å². The summed E-state index contributed by atoms with van der Waals surface area (Å²) in [6.45, 7) is 3.99. The Hall–Kier alpha value is -1.82. The monoisotopic (exact) mass is 348 g/mol. The smallest absolute Gasteiger partial charge is 0.262 e. The highest BCUT2D eigenvalue weighted by Crippen LogP contribution is 2.26. The van der Waals surface area contributed by atoms with Gasteiger partial charge in [0.25, 0.3) is 11.8 Å². The highest BCUT2D eigenvalue weighted by atomic mass is 32.2. The van der Waals surface area contributed by atoms with E-state index >= 15 is 0 Å². The van der Waals surface area contributed by atoms with Crippen LogP contribution in [0.2, 0.25) is 0 Å². The van der Waals surface area contributed by atoms with Crippen LogP contribution in [0.3, 0.4) is 0 Å². The molecule has 0 spiro atoms. The van der Waals surface area contributed by atoms with E-state index in [1.54, 1.807) is 36.0 Å². The van der Waals surface area contributed by atoms with Crippen LogP contribution < -0.4 is 5.32 Å². The van der Waals surface area contributed by atoms with E-state index in [-0.39, 0.29) is 23.8 Å². The van der Waals surface area contributed by atoms with Gasteiger partial charge < -0.3 is 5.32 Å². The molecular weight excluding hydrogens is 324 g/mol. The fraction of sp³-hybridized carbons (Fsp3) is 0.500. The maximum atomic E-state index is 12.7. The summed E-state index contributed by atoms with van der Waals surface area (Å²) in [5.41, 5.74) is 0.761. The quantitative estimate of drug-likeness (QED) is 0.734. The molecule has 0 saturated carbocycles. The van der Waals surface area contributed by atoms with Crippen molar-refractivity contribution in [2.24, 2.45) is 0 Å². The predicted octanol–water partition coefficient (Wildman–Crippen LogP) is 2.71. The summed E-state index contributed by atoms with van der Waals surface area (Å²) in [6, 6.07) is 6.00. The van der Waals surface area contributed by atoms with Gasteiger partial charge >= 0.3 is 0 Å². The average molecular weight is 348 g/mol. The van der Waals surface area contributed by atoms with Gasteiger partial charge in [0.2, 0.25) is 5.91 Å². The number of fused-ring (bicyclic) bond motifs is 1. The van der Waals surface area contributed by atoms with Gasteiger partial charge in [-0.2, -0.15) is 11.8 Å². The van der Waals surface area contributed by atoms with Crippen molar-refractivity contribution in [2.75, 3.05) is 12.0 Å². The lowest BCUT2D eigenvalue weighted by Crippen LogP contribution is -2.51. The lowest BCUT2D eigenvalue weighted by atomic mass is 10.1. The number of carbonyl (C=O) groups is 3. The van der Waals surface area contributed by atoms with Crippen LogP contribution in [0.5, 0.6) is 0 Å². The van der Waals surface area contributed by atoms with Crippen LogP contribution in [0.15, 0.2) is 24.3 Å². The van der Waals surface area contributed by atoms with Gasteiger partial charge in [-0.25, -0.2) is 0 Å². The zero-order valence-electron chi connectivity index (χ0n) is 14.4. The predicted molar refractivity (Wildman–Crippen MR) is 96.2 cm³/mol. The molecule has 0 aromatic heterocycles. The average Bonchev–Trinajstić information content (AvgIpc) is 2.81. The fourth-order valence-electron chi connectivity index (χ4n) is 2.94. The summed E-state index contributed by atoms with van der Waals surface area (Å²) in [7, 11) is 0. The molecule has 1 aliphatic rings. The van der Waals surface area contributed by atoms with E-state index in [0.29, 0.717) is 23.3 Å². The number of amides is 3. The van der Waals surface area contributed by atoms with E-state index in [1.165, 1.54) is 0 Å². The molecule has 1 aliphatic heterocycles. The van der Waals surface area contributed by atoms with E-state index in [4.69, 9.17) is 0 Å². The Morgan fingerprint density at radius 3 is 2.25 bits per heavy atom. The Morgan fingerprint density at radius 2 is 1.75 bits per heavy atom. The maximum Gasteiger partial charge on any atom is 0.262 e. The zero-order valence-corrected chi connectivity index (χ0v) is 15.2. The number of nitrogens with zero attached hydrogens (tertiary/aromatic N) is 1. The molecule has 1 aromatic rings. The first kappa shape index (κ1) is 18.5. The van der Waals surface area contributed by atoms with E-state index in [1.807, 2.05) is 13.2 Å². The van der Waals surface area contributed by atoms with Gasteiger partial charge in [-0.15, -0.1) is 0 Å². The second-order valence-corrected chi connectivity index (χ2v) is 7.01. The molecule has 0 saturated heterocycles. The summed E-state index contributed by atoms with van der Waals surface area (Å²) < 4.78 is 0. The molecule has 2 rings (SSSR count). The molecule has 6 heteroatoms. The van der Waals surface area contributed by atoms with Crippen LogP contribution in [0.1, 0.15) is 53.8 Å². The van der Waals surface area contributed by atoms with Crippen molar-refractivity contribution in [1.29, 1.82) is 0 Å². The van der Waals surface area contributed by atoms with Crippen LogP contribution >= 0.6 is 11.8 Å². The van der Waals surface area contributed by atoms with Crippen LogP contribution in [0.25, 0.3) is 0 Å². The van der Waals surface area contributed by atoms with Gasteiger partial charge in [0.15, 0.2) is 0 Å². The third-order valence-corrected chi connectivity index (χ3v) is 4.79. The van der Waals surface area contributed by atoms with Gasteiger partial charge in [0, 0.05) is 6.04 Å². The third-order valence-electron chi connectivity index (χ3n) is 4.15. The van der Waals surface area contributed by atoms with Crippen molar-refractivity contribution in [3.63, 3.8) is 0 Å². The van der Waals surface area contributed by atoms with E-state index in [2.05, 4.69) is 12.2 Å². The standard InChI is InChI=1S/C18H24N2O3S/c1-4-7-12(2)19-16(21)15(10-11-24-3)20-17(22)13-8-5-6-9-14(13)18(20)23/h5-6,8-9,12,15H,4,7,10-11H2,1-3H3,(H,19,21)/t12-,15-/m1/s1. The lowest BCUT2D eigenvalue weighted by Gasteiger charge is -2.26. The number of benzene rings is 1. The van der Waals surface area contributed by atoms with Gasteiger partial charge in [-0.05, 0) is 43.9 Å².